The summed E-state index contributed by atoms with van der Waals surface area (Å²) in [5, 5.41) is 0. The van der Waals surface area contributed by atoms with Crippen molar-refractivity contribution < 1.29 is 22.3 Å². The molecule has 0 radical (unpaired) electrons. The van der Waals surface area contributed by atoms with Crippen LogP contribution in [0.2, 0.25) is 0 Å². The average molecular weight is 447 g/mol. The van der Waals surface area contributed by atoms with E-state index in [9.17, 15) is 17.6 Å². The predicted octanol–water partition coefficient (Wildman–Crippen LogP) is 3.43. The molecule has 31 heavy (non-hydrogen) atoms. The summed E-state index contributed by atoms with van der Waals surface area (Å²) < 4.78 is 46.3. The normalized spacial score (nSPS) is 22.3. The number of carbonyl (C=O) groups is 1. The van der Waals surface area contributed by atoms with Crippen molar-refractivity contribution in [2.45, 2.75) is 56.4 Å². The standard InChI is InChI=1S/C23H27FN2O4S/c1-16-13-25(14-17(2)30-16)31(28,29)22-11-5-19(6-12-22)23(27)26(21-9-10-21)15-18-3-7-20(24)8-4-18/h3-8,11-12,16-17,21H,9-10,13-15H2,1-2H3/t16-,17+. The Hall–Kier alpha value is -2.29. The van der Waals surface area contributed by atoms with Gasteiger partial charge >= 0.3 is 0 Å². The summed E-state index contributed by atoms with van der Waals surface area (Å²) >= 11 is 0. The van der Waals surface area contributed by atoms with Crippen molar-refractivity contribution in [1.29, 1.82) is 0 Å². The maximum Gasteiger partial charge on any atom is 0.254 e. The fraction of sp³-hybridized carbons (Fsp3) is 0.435. The molecule has 4 rings (SSSR count). The first-order chi connectivity index (χ1) is 14.7. The molecule has 1 aliphatic carbocycles. The second-order valence-electron chi connectivity index (χ2n) is 8.39. The predicted molar refractivity (Wildman–Crippen MR) is 115 cm³/mol. The van der Waals surface area contributed by atoms with Gasteiger partial charge < -0.3 is 9.64 Å². The minimum atomic E-state index is -3.65. The molecule has 1 aliphatic heterocycles. The monoisotopic (exact) mass is 446 g/mol. The summed E-state index contributed by atoms with van der Waals surface area (Å²) in [4.78, 5) is 15.1. The van der Waals surface area contributed by atoms with Gasteiger partial charge in [0.25, 0.3) is 5.91 Å². The highest BCUT2D eigenvalue weighted by Crippen LogP contribution is 2.30. The van der Waals surface area contributed by atoms with Gasteiger partial charge in [0.1, 0.15) is 5.82 Å². The molecule has 1 saturated heterocycles. The molecule has 6 nitrogen and oxygen atoms in total. The van der Waals surface area contributed by atoms with Gasteiger partial charge in [0.05, 0.1) is 17.1 Å². The number of rotatable bonds is 6. The van der Waals surface area contributed by atoms with Crippen LogP contribution in [0.15, 0.2) is 53.4 Å². The number of amides is 1. The third-order valence-electron chi connectivity index (χ3n) is 5.64. The zero-order valence-electron chi connectivity index (χ0n) is 17.7. The molecular formula is C23H27FN2O4S. The fourth-order valence-corrected chi connectivity index (χ4v) is 5.54. The van der Waals surface area contributed by atoms with Crippen molar-refractivity contribution in [3.8, 4) is 0 Å². The number of sulfonamides is 1. The molecule has 2 aliphatic rings. The minimum Gasteiger partial charge on any atom is -0.373 e. The van der Waals surface area contributed by atoms with E-state index in [2.05, 4.69) is 0 Å². The molecule has 2 fully saturated rings. The third kappa shape index (κ3) is 4.97. The summed E-state index contributed by atoms with van der Waals surface area (Å²) in [6.45, 7) is 4.72. The molecule has 1 amide bonds. The first-order valence-corrected chi connectivity index (χ1v) is 12.0. The van der Waals surface area contributed by atoms with Gasteiger partial charge in [0.2, 0.25) is 10.0 Å². The topological polar surface area (TPSA) is 66.9 Å². The van der Waals surface area contributed by atoms with Crippen molar-refractivity contribution in [3.05, 3.63) is 65.5 Å². The molecule has 0 spiro atoms. The Bertz CT molecular complexity index is 1030. The molecule has 8 heteroatoms. The number of carbonyl (C=O) groups excluding carboxylic acids is 1. The van der Waals surface area contributed by atoms with E-state index in [0.717, 1.165) is 18.4 Å². The van der Waals surface area contributed by atoms with Crippen LogP contribution in [0, 0.1) is 5.82 Å². The summed E-state index contributed by atoms with van der Waals surface area (Å²) in [6.07, 6.45) is 1.54. The van der Waals surface area contributed by atoms with E-state index in [1.165, 1.54) is 28.6 Å². The van der Waals surface area contributed by atoms with Gasteiger partial charge in [0, 0.05) is 31.2 Å². The van der Waals surface area contributed by atoms with E-state index in [1.807, 2.05) is 13.8 Å². The highest BCUT2D eigenvalue weighted by molar-refractivity contribution is 7.89. The molecular weight excluding hydrogens is 419 g/mol. The Morgan fingerprint density at radius 1 is 1.03 bits per heavy atom. The molecule has 0 aromatic heterocycles. The first-order valence-electron chi connectivity index (χ1n) is 10.5. The molecule has 0 unspecified atom stereocenters. The minimum absolute atomic E-state index is 0.149. The van der Waals surface area contributed by atoms with E-state index < -0.39 is 10.0 Å². The van der Waals surface area contributed by atoms with E-state index >= 15 is 0 Å². The lowest BCUT2D eigenvalue weighted by Gasteiger charge is -2.34. The lowest BCUT2D eigenvalue weighted by Crippen LogP contribution is -2.48. The van der Waals surface area contributed by atoms with Gasteiger partial charge in [-0.05, 0) is 68.7 Å². The molecule has 1 heterocycles. The Labute approximate surface area is 182 Å². The van der Waals surface area contributed by atoms with E-state index in [0.29, 0.717) is 25.2 Å². The van der Waals surface area contributed by atoms with Crippen LogP contribution in [0.3, 0.4) is 0 Å². The van der Waals surface area contributed by atoms with Crippen molar-refractivity contribution in [1.82, 2.24) is 9.21 Å². The van der Waals surface area contributed by atoms with E-state index in [4.69, 9.17) is 4.74 Å². The second kappa shape index (κ2) is 8.68. The maximum atomic E-state index is 13.2. The second-order valence-corrected chi connectivity index (χ2v) is 10.3. The summed E-state index contributed by atoms with van der Waals surface area (Å²) in [5.41, 5.74) is 1.30. The number of morpholine rings is 1. The van der Waals surface area contributed by atoms with Crippen LogP contribution < -0.4 is 0 Å². The van der Waals surface area contributed by atoms with Crippen LogP contribution >= 0.6 is 0 Å². The number of hydrogen-bond donors (Lipinski definition) is 0. The van der Waals surface area contributed by atoms with Crippen LogP contribution in [-0.4, -0.2) is 54.9 Å². The van der Waals surface area contributed by atoms with Gasteiger partial charge in [-0.2, -0.15) is 4.31 Å². The van der Waals surface area contributed by atoms with Crippen molar-refractivity contribution in [3.63, 3.8) is 0 Å². The van der Waals surface area contributed by atoms with Gasteiger partial charge in [-0.1, -0.05) is 12.1 Å². The number of benzene rings is 2. The Kier molecular flexibility index (Phi) is 6.14. The number of nitrogens with zero attached hydrogens (tertiary/aromatic N) is 2. The highest BCUT2D eigenvalue weighted by Gasteiger charge is 2.34. The molecule has 0 N–H and O–H groups in total. The van der Waals surface area contributed by atoms with Crippen molar-refractivity contribution in [2.24, 2.45) is 0 Å². The number of ether oxygens (including phenoxy) is 1. The molecule has 1 saturated carbocycles. The Balaban J connectivity index is 1.51. The van der Waals surface area contributed by atoms with Gasteiger partial charge in [-0.15, -0.1) is 0 Å². The first kappa shape index (κ1) is 21.9. The van der Waals surface area contributed by atoms with Crippen LogP contribution in [-0.2, 0) is 21.3 Å². The zero-order valence-corrected chi connectivity index (χ0v) is 18.5. The highest BCUT2D eigenvalue weighted by atomic mass is 32.2. The summed E-state index contributed by atoms with van der Waals surface area (Å²) in [5.74, 6) is -0.460. The molecule has 2 aromatic carbocycles. The SMILES string of the molecule is C[C@@H]1CN(S(=O)(=O)c2ccc(C(=O)N(Cc3ccc(F)cc3)C3CC3)cc2)C[C@H](C)O1. The number of halogens is 1. The van der Waals surface area contributed by atoms with E-state index in [1.54, 1.807) is 29.2 Å². The van der Waals surface area contributed by atoms with Crippen LogP contribution in [0.4, 0.5) is 4.39 Å². The van der Waals surface area contributed by atoms with Crippen molar-refractivity contribution >= 4 is 15.9 Å². The lowest BCUT2D eigenvalue weighted by atomic mass is 10.1. The Morgan fingerprint density at radius 2 is 1.61 bits per heavy atom. The van der Waals surface area contributed by atoms with E-state index in [-0.39, 0.29) is 34.9 Å². The smallest absolute Gasteiger partial charge is 0.254 e. The van der Waals surface area contributed by atoms with Gasteiger partial charge in [-0.25, -0.2) is 12.8 Å². The number of hydrogen-bond acceptors (Lipinski definition) is 4. The van der Waals surface area contributed by atoms with Crippen molar-refractivity contribution in [2.75, 3.05) is 13.1 Å². The zero-order chi connectivity index (χ0) is 22.2. The maximum absolute atomic E-state index is 13.2. The fourth-order valence-electron chi connectivity index (χ4n) is 3.95. The van der Waals surface area contributed by atoms with Crippen LogP contribution in [0.25, 0.3) is 0 Å². The van der Waals surface area contributed by atoms with Gasteiger partial charge in [-0.3, -0.25) is 4.79 Å². The molecule has 2 atom stereocenters. The Morgan fingerprint density at radius 3 is 2.16 bits per heavy atom. The third-order valence-corrected chi connectivity index (χ3v) is 7.49. The largest absolute Gasteiger partial charge is 0.373 e. The molecule has 2 aromatic rings. The summed E-state index contributed by atoms with van der Waals surface area (Å²) in [6, 6.07) is 12.4. The average Bonchev–Trinajstić information content (AvgIpc) is 3.57. The molecule has 166 valence electrons. The van der Waals surface area contributed by atoms with Crippen LogP contribution in [0.5, 0.6) is 0 Å². The molecule has 0 bridgehead atoms. The lowest BCUT2D eigenvalue weighted by molar-refractivity contribution is -0.0440. The summed E-state index contributed by atoms with van der Waals surface area (Å²) in [7, 11) is -3.65. The van der Waals surface area contributed by atoms with Gasteiger partial charge in [0.15, 0.2) is 0 Å². The quantitative estimate of drug-likeness (QED) is 0.682. The van der Waals surface area contributed by atoms with Crippen LogP contribution in [0.1, 0.15) is 42.6 Å².